The fraction of sp³-hybridized carbons (Fsp3) is 0.261. The van der Waals surface area contributed by atoms with Crippen molar-refractivity contribution in [3.63, 3.8) is 0 Å². The van der Waals surface area contributed by atoms with Crippen molar-refractivity contribution in [2.75, 3.05) is 5.32 Å². The molecule has 10 heteroatoms. The minimum Gasteiger partial charge on any atom is -0.508 e. The number of nitrogens with zero attached hydrogens (tertiary/aromatic N) is 1. The number of anilines is 1. The molecule has 0 heterocycles. The van der Waals surface area contributed by atoms with Crippen LogP contribution in [0.1, 0.15) is 41.3 Å². The molecule has 0 aromatic heterocycles. The van der Waals surface area contributed by atoms with E-state index in [9.17, 15) is 24.3 Å². The van der Waals surface area contributed by atoms with Gasteiger partial charge in [0.2, 0.25) is 5.91 Å². The number of nitrogens with one attached hydrogen (secondary N) is 3. The number of nitrogens with two attached hydrogens (primary N) is 1. The number of ketones is 1. The SMILES string of the molecule is Cc1ccc(C)c(NC(=O)CCC(=NNC(=O)C(=O)NN)C(C)C(=O)c2ccc(O)cc2)c1. The summed E-state index contributed by atoms with van der Waals surface area (Å²) in [6.45, 7) is 5.36. The fourth-order valence-corrected chi connectivity index (χ4v) is 2.96. The molecule has 0 aliphatic rings. The molecule has 3 amide bonds. The Labute approximate surface area is 191 Å². The number of phenols is 1. The summed E-state index contributed by atoms with van der Waals surface area (Å²) in [7, 11) is 0. The van der Waals surface area contributed by atoms with Gasteiger partial charge in [0, 0.05) is 23.4 Å². The van der Waals surface area contributed by atoms with Gasteiger partial charge in [0.05, 0.1) is 5.92 Å². The van der Waals surface area contributed by atoms with Gasteiger partial charge in [0.1, 0.15) is 5.75 Å². The molecule has 174 valence electrons. The molecule has 33 heavy (non-hydrogen) atoms. The highest BCUT2D eigenvalue weighted by molar-refractivity contribution is 6.35. The van der Waals surface area contributed by atoms with Crippen molar-refractivity contribution >= 4 is 34.9 Å². The van der Waals surface area contributed by atoms with Gasteiger partial charge in [0.15, 0.2) is 5.78 Å². The Morgan fingerprint density at radius 2 is 1.67 bits per heavy atom. The van der Waals surface area contributed by atoms with E-state index in [1.165, 1.54) is 24.3 Å². The van der Waals surface area contributed by atoms with Gasteiger partial charge in [-0.05, 0) is 68.7 Å². The molecular weight excluding hydrogens is 426 g/mol. The van der Waals surface area contributed by atoms with Crippen molar-refractivity contribution in [3.8, 4) is 5.75 Å². The fourth-order valence-electron chi connectivity index (χ4n) is 2.96. The third-order valence-corrected chi connectivity index (χ3v) is 4.96. The molecule has 1 unspecified atom stereocenters. The smallest absolute Gasteiger partial charge is 0.330 e. The second-order valence-electron chi connectivity index (χ2n) is 7.52. The maximum Gasteiger partial charge on any atom is 0.330 e. The molecular formula is C23H27N5O5. The van der Waals surface area contributed by atoms with Crippen molar-refractivity contribution in [1.82, 2.24) is 10.9 Å². The lowest BCUT2D eigenvalue weighted by molar-refractivity contribution is -0.139. The van der Waals surface area contributed by atoms with E-state index in [1.54, 1.807) is 12.3 Å². The highest BCUT2D eigenvalue weighted by Gasteiger charge is 2.23. The molecule has 0 radical (unpaired) electrons. The largest absolute Gasteiger partial charge is 0.508 e. The molecule has 0 saturated carbocycles. The molecule has 0 bridgehead atoms. The van der Waals surface area contributed by atoms with Crippen LogP contribution in [0.25, 0.3) is 0 Å². The highest BCUT2D eigenvalue weighted by atomic mass is 16.3. The van der Waals surface area contributed by atoms with E-state index in [0.29, 0.717) is 11.3 Å². The van der Waals surface area contributed by atoms with Crippen molar-refractivity contribution in [3.05, 3.63) is 59.2 Å². The van der Waals surface area contributed by atoms with Crippen molar-refractivity contribution in [2.45, 2.75) is 33.6 Å². The molecule has 10 nitrogen and oxygen atoms in total. The number of rotatable bonds is 8. The van der Waals surface area contributed by atoms with Crippen LogP contribution in [0.2, 0.25) is 0 Å². The van der Waals surface area contributed by atoms with Gasteiger partial charge in [-0.15, -0.1) is 0 Å². The number of carbonyl (C=O) groups is 4. The molecule has 2 aromatic carbocycles. The van der Waals surface area contributed by atoms with E-state index >= 15 is 0 Å². The van der Waals surface area contributed by atoms with Crippen LogP contribution in [0.4, 0.5) is 5.69 Å². The zero-order valence-electron chi connectivity index (χ0n) is 18.6. The second kappa shape index (κ2) is 11.5. The quantitative estimate of drug-likeness (QED) is 0.102. The standard InChI is InChI=1S/C23H27N5O5/c1-13-4-5-14(2)19(12-13)25-20(30)11-10-18(27-28-23(33)22(32)26-24)15(3)21(31)16-6-8-17(29)9-7-16/h4-9,12,15,29H,10-11,24H2,1-3H3,(H,25,30)(H,26,32)(H,28,33). The van der Waals surface area contributed by atoms with Crippen molar-refractivity contribution in [2.24, 2.45) is 16.9 Å². The van der Waals surface area contributed by atoms with Gasteiger partial charge in [-0.1, -0.05) is 12.1 Å². The number of Topliss-reactive ketones (excluding diaryl/α,β-unsaturated/α-hetero) is 1. The summed E-state index contributed by atoms with van der Waals surface area (Å²) in [6.07, 6.45) is 0.0323. The van der Waals surface area contributed by atoms with Gasteiger partial charge >= 0.3 is 11.8 Å². The van der Waals surface area contributed by atoms with E-state index in [0.717, 1.165) is 11.1 Å². The Morgan fingerprint density at radius 1 is 1.00 bits per heavy atom. The van der Waals surface area contributed by atoms with Crippen LogP contribution in [0.15, 0.2) is 47.6 Å². The van der Waals surface area contributed by atoms with Gasteiger partial charge in [0.25, 0.3) is 0 Å². The predicted molar refractivity (Wildman–Crippen MR) is 123 cm³/mol. The first-order valence-corrected chi connectivity index (χ1v) is 10.2. The van der Waals surface area contributed by atoms with Crippen LogP contribution in [-0.2, 0) is 14.4 Å². The number of hydrogen-bond acceptors (Lipinski definition) is 7. The summed E-state index contributed by atoms with van der Waals surface area (Å²) in [5, 5.41) is 16.2. The first-order valence-electron chi connectivity index (χ1n) is 10.2. The minimum atomic E-state index is -1.11. The lowest BCUT2D eigenvalue weighted by Gasteiger charge is -2.15. The van der Waals surface area contributed by atoms with Crippen LogP contribution in [0.3, 0.4) is 0 Å². The number of hydrogen-bond donors (Lipinski definition) is 5. The van der Waals surface area contributed by atoms with Gasteiger partial charge < -0.3 is 10.4 Å². The van der Waals surface area contributed by atoms with Gasteiger partial charge in [-0.3, -0.25) is 24.6 Å². The van der Waals surface area contributed by atoms with Crippen LogP contribution < -0.4 is 22.0 Å². The highest BCUT2D eigenvalue weighted by Crippen LogP contribution is 2.19. The molecule has 1 atom stereocenters. The summed E-state index contributed by atoms with van der Waals surface area (Å²) in [5.74, 6) is 1.28. The number of hydrazine groups is 1. The molecule has 0 fully saturated rings. The second-order valence-corrected chi connectivity index (χ2v) is 7.52. The summed E-state index contributed by atoms with van der Waals surface area (Å²) in [5.41, 5.74) is 6.83. The topological polar surface area (TPSA) is 163 Å². The van der Waals surface area contributed by atoms with Gasteiger partial charge in [-0.25, -0.2) is 11.3 Å². The molecule has 0 saturated heterocycles. The number of phenolic OH excluding ortho intramolecular Hbond substituents is 1. The number of carbonyl (C=O) groups excluding carboxylic acids is 4. The van der Waals surface area contributed by atoms with Crippen LogP contribution in [0, 0.1) is 19.8 Å². The zero-order valence-corrected chi connectivity index (χ0v) is 18.6. The molecule has 2 rings (SSSR count). The third-order valence-electron chi connectivity index (χ3n) is 4.96. The van der Waals surface area contributed by atoms with E-state index in [4.69, 9.17) is 5.84 Å². The molecule has 0 aliphatic heterocycles. The maximum absolute atomic E-state index is 12.9. The first kappa shape index (κ1) is 25.2. The van der Waals surface area contributed by atoms with E-state index in [-0.39, 0.29) is 36.0 Å². The van der Waals surface area contributed by atoms with Crippen molar-refractivity contribution < 1.29 is 24.3 Å². The third kappa shape index (κ3) is 7.25. The van der Waals surface area contributed by atoms with Crippen LogP contribution >= 0.6 is 0 Å². The monoisotopic (exact) mass is 453 g/mol. The van der Waals surface area contributed by atoms with Crippen LogP contribution in [0.5, 0.6) is 5.75 Å². The average Bonchev–Trinajstić information content (AvgIpc) is 2.80. The maximum atomic E-state index is 12.9. The normalized spacial score (nSPS) is 11.9. The Bertz CT molecular complexity index is 1080. The first-order chi connectivity index (χ1) is 15.6. The van der Waals surface area contributed by atoms with E-state index in [2.05, 4.69) is 15.8 Å². The van der Waals surface area contributed by atoms with Crippen molar-refractivity contribution in [1.29, 1.82) is 0 Å². The number of amides is 3. The number of benzene rings is 2. The zero-order chi connectivity index (χ0) is 24.5. The van der Waals surface area contributed by atoms with Gasteiger partial charge in [-0.2, -0.15) is 5.10 Å². The lowest BCUT2D eigenvalue weighted by Crippen LogP contribution is -2.42. The molecule has 6 N–H and O–H groups in total. The Hall–Kier alpha value is -4.05. The Morgan fingerprint density at radius 3 is 2.30 bits per heavy atom. The molecule has 2 aromatic rings. The Kier molecular flexibility index (Phi) is 8.81. The minimum absolute atomic E-state index is 0.0104. The van der Waals surface area contributed by atoms with Crippen LogP contribution in [-0.4, -0.2) is 34.3 Å². The summed E-state index contributed by atoms with van der Waals surface area (Å²) < 4.78 is 0. The summed E-state index contributed by atoms with van der Waals surface area (Å²) in [4.78, 5) is 48.5. The van der Waals surface area contributed by atoms with E-state index < -0.39 is 17.7 Å². The summed E-state index contributed by atoms with van der Waals surface area (Å²) in [6, 6.07) is 11.4. The predicted octanol–water partition coefficient (Wildman–Crippen LogP) is 1.71. The summed E-state index contributed by atoms with van der Waals surface area (Å²) >= 11 is 0. The lowest BCUT2D eigenvalue weighted by atomic mass is 9.92. The average molecular weight is 453 g/mol. The number of aromatic hydroxyl groups is 1. The number of aryl methyl sites for hydroxylation is 2. The molecule has 0 aliphatic carbocycles. The molecule has 0 spiro atoms. The van der Waals surface area contributed by atoms with E-state index in [1.807, 2.05) is 32.0 Å². The number of hydrazone groups is 1. The Balaban J connectivity index is 2.17.